The summed E-state index contributed by atoms with van der Waals surface area (Å²) in [4.78, 5) is 14.3. The van der Waals surface area contributed by atoms with Crippen LogP contribution in [0.4, 0.5) is 0 Å². The van der Waals surface area contributed by atoms with Crippen LogP contribution < -0.4 is 5.32 Å². The van der Waals surface area contributed by atoms with Gasteiger partial charge in [0.1, 0.15) is 0 Å². The highest BCUT2D eigenvalue weighted by Gasteiger charge is 2.24. The monoisotopic (exact) mass is 280 g/mol. The van der Waals surface area contributed by atoms with Gasteiger partial charge in [-0.25, -0.2) is 0 Å². The van der Waals surface area contributed by atoms with E-state index in [1.54, 1.807) is 0 Å². The molecule has 0 aromatic heterocycles. The van der Waals surface area contributed by atoms with Crippen LogP contribution in [-0.2, 0) is 4.79 Å². The number of piperidine rings is 1. The summed E-state index contributed by atoms with van der Waals surface area (Å²) in [6.45, 7) is 7.48. The van der Waals surface area contributed by atoms with Gasteiger partial charge >= 0.3 is 0 Å². The van der Waals surface area contributed by atoms with Gasteiger partial charge in [-0.05, 0) is 44.2 Å². The topological polar surface area (TPSA) is 52.6 Å². The van der Waals surface area contributed by atoms with Gasteiger partial charge in [0.2, 0.25) is 5.91 Å². The summed E-state index contributed by atoms with van der Waals surface area (Å²) in [5, 5.41) is 12.2. The van der Waals surface area contributed by atoms with Crippen LogP contribution in [0.5, 0.6) is 0 Å². The van der Waals surface area contributed by atoms with Crippen molar-refractivity contribution in [3.8, 4) is 12.3 Å². The second kappa shape index (κ2) is 8.28. The molecule has 0 aromatic carbocycles. The molecule has 4 nitrogen and oxygen atoms in total. The van der Waals surface area contributed by atoms with E-state index in [1.165, 1.54) is 0 Å². The zero-order chi connectivity index (χ0) is 15.0. The number of terminal acetylenes is 1. The van der Waals surface area contributed by atoms with E-state index in [1.807, 2.05) is 13.8 Å². The van der Waals surface area contributed by atoms with Crippen molar-refractivity contribution in [2.24, 2.45) is 11.3 Å². The Morgan fingerprint density at radius 3 is 2.65 bits per heavy atom. The van der Waals surface area contributed by atoms with Crippen LogP contribution >= 0.6 is 0 Å². The molecule has 1 saturated heterocycles. The number of carbonyl (C=O) groups is 1. The van der Waals surface area contributed by atoms with Crippen LogP contribution in [0.2, 0.25) is 0 Å². The van der Waals surface area contributed by atoms with Crippen molar-refractivity contribution in [1.29, 1.82) is 0 Å². The fourth-order valence-corrected chi connectivity index (χ4v) is 2.48. The van der Waals surface area contributed by atoms with E-state index in [-0.39, 0.29) is 23.8 Å². The molecule has 2 N–H and O–H groups in total. The third-order valence-corrected chi connectivity index (χ3v) is 4.03. The standard InChI is InChI=1S/C16H28N2O2/c1-4-10-18-11-6-14(7-12-18)15(20)17-9-5-8-16(2,3)13-19/h1,14,19H,5-13H2,2-3H3,(H,17,20). The number of hydrogen-bond donors (Lipinski definition) is 2. The van der Waals surface area contributed by atoms with Gasteiger partial charge in [-0.2, -0.15) is 0 Å². The molecule has 114 valence electrons. The molecule has 0 unspecified atom stereocenters. The molecule has 0 aromatic rings. The Labute approximate surface area is 122 Å². The summed E-state index contributed by atoms with van der Waals surface area (Å²) in [6, 6.07) is 0. The lowest BCUT2D eigenvalue weighted by Gasteiger charge is -2.29. The molecule has 20 heavy (non-hydrogen) atoms. The van der Waals surface area contributed by atoms with Crippen LogP contribution in [0, 0.1) is 23.7 Å². The van der Waals surface area contributed by atoms with Gasteiger partial charge in [0.25, 0.3) is 0 Å². The highest BCUT2D eigenvalue weighted by atomic mass is 16.3. The van der Waals surface area contributed by atoms with Crippen molar-refractivity contribution in [3.05, 3.63) is 0 Å². The number of amides is 1. The lowest BCUT2D eigenvalue weighted by molar-refractivity contribution is -0.126. The summed E-state index contributed by atoms with van der Waals surface area (Å²) in [6.07, 6.45) is 8.92. The van der Waals surface area contributed by atoms with Crippen LogP contribution in [0.15, 0.2) is 0 Å². The summed E-state index contributed by atoms with van der Waals surface area (Å²) in [5.74, 6) is 2.96. The van der Waals surface area contributed by atoms with Crippen molar-refractivity contribution in [2.75, 3.05) is 32.8 Å². The molecule has 1 amide bonds. The van der Waals surface area contributed by atoms with Crippen LogP contribution in [0.3, 0.4) is 0 Å². The van der Waals surface area contributed by atoms with Gasteiger partial charge in [0, 0.05) is 19.1 Å². The maximum absolute atomic E-state index is 12.0. The second-order valence-electron chi connectivity index (χ2n) is 6.47. The molecule has 0 spiro atoms. The van der Waals surface area contributed by atoms with Crippen molar-refractivity contribution < 1.29 is 9.90 Å². The fraction of sp³-hybridized carbons (Fsp3) is 0.812. The Kier molecular flexibility index (Phi) is 7.04. The zero-order valence-electron chi connectivity index (χ0n) is 12.8. The molecular formula is C16H28N2O2. The van der Waals surface area contributed by atoms with Crippen molar-refractivity contribution in [3.63, 3.8) is 0 Å². The number of nitrogens with zero attached hydrogens (tertiary/aromatic N) is 1. The molecule has 0 bridgehead atoms. The molecule has 1 aliphatic heterocycles. The maximum Gasteiger partial charge on any atom is 0.223 e. The average Bonchev–Trinajstić information content (AvgIpc) is 2.44. The first-order chi connectivity index (χ1) is 9.48. The molecule has 0 saturated carbocycles. The Hall–Kier alpha value is -1.05. The minimum atomic E-state index is -0.0503. The van der Waals surface area contributed by atoms with Crippen molar-refractivity contribution in [1.82, 2.24) is 10.2 Å². The second-order valence-corrected chi connectivity index (χ2v) is 6.47. The smallest absolute Gasteiger partial charge is 0.223 e. The third kappa shape index (κ3) is 5.94. The number of nitrogens with one attached hydrogen (secondary N) is 1. The number of aliphatic hydroxyl groups is 1. The van der Waals surface area contributed by atoms with Crippen molar-refractivity contribution in [2.45, 2.75) is 39.5 Å². The molecule has 1 heterocycles. The molecule has 0 aliphatic carbocycles. The van der Waals surface area contributed by atoms with Crippen LogP contribution in [0.1, 0.15) is 39.5 Å². The normalized spacial score (nSPS) is 17.7. The first-order valence-electron chi connectivity index (χ1n) is 7.53. The highest BCUT2D eigenvalue weighted by molar-refractivity contribution is 5.78. The Morgan fingerprint density at radius 1 is 1.45 bits per heavy atom. The largest absolute Gasteiger partial charge is 0.396 e. The minimum absolute atomic E-state index is 0.0503. The highest BCUT2D eigenvalue weighted by Crippen LogP contribution is 2.21. The fourth-order valence-electron chi connectivity index (χ4n) is 2.48. The van der Waals surface area contributed by atoms with E-state index in [0.29, 0.717) is 13.1 Å². The lowest BCUT2D eigenvalue weighted by atomic mass is 9.89. The van der Waals surface area contributed by atoms with E-state index >= 15 is 0 Å². The van der Waals surface area contributed by atoms with E-state index in [9.17, 15) is 4.79 Å². The van der Waals surface area contributed by atoms with Gasteiger partial charge in [0.05, 0.1) is 6.54 Å². The minimum Gasteiger partial charge on any atom is -0.396 e. The van der Waals surface area contributed by atoms with Gasteiger partial charge in [-0.15, -0.1) is 6.42 Å². The van der Waals surface area contributed by atoms with Gasteiger partial charge in [-0.3, -0.25) is 9.69 Å². The molecule has 1 rings (SSSR count). The first-order valence-corrected chi connectivity index (χ1v) is 7.53. The number of aliphatic hydroxyl groups excluding tert-OH is 1. The number of rotatable bonds is 7. The van der Waals surface area contributed by atoms with Gasteiger partial charge in [0.15, 0.2) is 0 Å². The predicted molar refractivity (Wildman–Crippen MR) is 81.1 cm³/mol. The Morgan fingerprint density at radius 2 is 2.10 bits per heavy atom. The molecule has 4 heteroatoms. The van der Waals surface area contributed by atoms with E-state index < -0.39 is 0 Å². The Balaban J connectivity index is 2.17. The molecule has 1 fully saturated rings. The summed E-state index contributed by atoms with van der Waals surface area (Å²) in [5.41, 5.74) is -0.0503. The lowest BCUT2D eigenvalue weighted by Crippen LogP contribution is -2.41. The van der Waals surface area contributed by atoms with Gasteiger partial charge < -0.3 is 10.4 Å². The zero-order valence-corrected chi connectivity index (χ0v) is 12.8. The van der Waals surface area contributed by atoms with Crippen molar-refractivity contribution >= 4 is 5.91 Å². The first kappa shape index (κ1) is 17.0. The number of likely N-dealkylation sites (tertiary alicyclic amines) is 1. The molecule has 1 aliphatic rings. The molecular weight excluding hydrogens is 252 g/mol. The summed E-state index contributed by atoms with van der Waals surface area (Å²) >= 11 is 0. The predicted octanol–water partition coefficient (Wildman–Crippen LogP) is 1.25. The molecule has 0 radical (unpaired) electrons. The number of hydrogen-bond acceptors (Lipinski definition) is 3. The SMILES string of the molecule is C#CCN1CCC(C(=O)NCCCC(C)(C)CO)CC1. The van der Waals surface area contributed by atoms with Crippen LogP contribution in [-0.4, -0.2) is 48.7 Å². The van der Waals surface area contributed by atoms with E-state index in [2.05, 4.69) is 16.1 Å². The average molecular weight is 280 g/mol. The Bertz CT molecular complexity index is 339. The summed E-state index contributed by atoms with van der Waals surface area (Å²) < 4.78 is 0. The number of carbonyl (C=O) groups excluding carboxylic acids is 1. The quantitative estimate of drug-likeness (QED) is 0.545. The van der Waals surface area contributed by atoms with Gasteiger partial charge in [-0.1, -0.05) is 19.8 Å². The third-order valence-electron chi connectivity index (χ3n) is 4.03. The van der Waals surface area contributed by atoms with E-state index in [0.717, 1.165) is 38.8 Å². The van der Waals surface area contributed by atoms with E-state index in [4.69, 9.17) is 11.5 Å². The molecule has 0 atom stereocenters. The van der Waals surface area contributed by atoms with Crippen LogP contribution in [0.25, 0.3) is 0 Å². The maximum atomic E-state index is 12.0. The summed E-state index contributed by atoms with van der Waals surface area (Å²) in [7, 11) is 0.